The Bertz CT molecular complexity index is 768. The van der Waals surface area contributed by atoms with E-state index in [2.05, 4.69) is 24.3 Å². The molecule has 6 nitrogen and oxygen atoms in total. The smallest absolute Gasteiger partial charge is 0.315 e. The average Bonchev–Trinajstić information content (AvgIpc) is 2.96. The molecule has 1 amide bonds. The molecule has 0 aliphatic rings. The van der Waals surface area contributed by atoms with Gasteiger partial charge in [0, 0.05) is 18.8 Å². The highest BCUT2D eigenvalue weighted by Crippen LogP contribution is 2.28. The topological polar surface area (TPSA) is 84.2 Å². The zero-order chi connectivity index (χ0) is 19.3. The zero-order valence-corrected chi connectivity index (χ0v) is 15.8. The number of aromatic nitrogens is 2. The maximum Gasteiger partial charge on any atom is 0.315 e. The first kappa shape index (κ1) is 19.7. The van der Waals surface area contributed by atoms with Crippen molar-refractivity contribution in [2.45, 2.75) is 46.1 Å². The first-order chi connectivity index (χ1) is 12.3. The van der Waals surface area contributed by atoms with E-state index >= 15 is 0 Å². The number of carbonyl (C=O) groups is 2. The summed E-state index contributed by atoms with van der Waals surface area (Å²) in [7, 11) is 0. The van der Waals surface area contributed by atoms with Gasteiger partial charge in [-0.15, -0.1) is 0 Å². The van der Waals surface area contributed by atoms with Crippen molar-refractivity contribution in [3.05, 3.63) is 53.3 Å². The van der Waals surface area contributed by atoms with Crippen molar-refractivity contribution < 1.29 is 14.7 Å². The lowest BCUT2D eigenvalue weighted by atomic mass is 9.78. The van der Waals surface area contributed by atoms with Crippen LogP contribution >= 0.6 is 0 Å². The Morgan fingerprint density at radius 2 is 1.92 bits per heavy atom. The molecule has 1 unspecified atom stereocenters. The molecule has 2 rings (SSSR count). The van der Waals surface area contributed by atoms with Crippen molar-refractivity contribution in [1.82, 2.24) is 15.1 Å². The van der Waals surface area contributed by atoms with Crippen molar-refractivity contribution in [2.24, 2.45) is 5.92 Å². The van der Waals surface area contributed by atoms with Crippen molar-refractivity contribution in [2.75, 3.05) is 6.54 Å². The molecule has 0 aliphatic carbocycles. The van der Waals surface area contributed by atoms with E-state index in [1.54, 1.807) is 23.0 Å². The summed E-state index contributed by atoms with van der Waals surface area (Å²) in [4.78, 5) is 24.7. The van der Waals surface area contributed by atoms with Crippen LogP contribution in [0, 0.1) is 12.8 Å². The van der Waals surface area contributed by atoms with Crippen LogP contribution in [0.2, 0.25) is 0 Å². The van der Waals surface area contributed by atoms with Gasteiger partial charge in [-0.1, -0.05) is 51.1 Å². The Labute approximate surface area is 154 Å². The van der Waals surface area contributed by atoms with E-state index in [9.17, 15) is 14.7 Å². The minimum atomic E-state index is -1.15. The fourth-order valence-electron chi connectivity index (χ4n) is 3.06. The second-order valence-corrected chi connectivity index (χ2v) is 7.01. The molecule has 0 radical (unpaired) electrons. The summed E-state index contributed by atoms with van der Waals surface area (Å²) in [5, 5.41) is 16.9. The van der Waals surface area contributed by atoms with Gasteiger partial charge < -0.3 is 10.4 Å². The quantitative estimate of drug-likeness (QED) is 0.761. The minimum absolute atomic E-state index is 0.0243. The minimum Gasteiger partial charge on any atom is -0.481 e. The molecule has 2 N–H and O–H groups in total. The maximum absolute atomic E-state index is 12.6. The Kier molecular flexibility index (Phi) is 6.18. The van der Waals surface area contributed by atoms with Gasteiger partial charge in [-0.2, -0.15) is 5.10 Å². The average molecular weight is 357 g/mol. The molecule has 0 saturated heterocycles. The van der Waals surface area contributed by atoms with Crippen molar-refractivity contribution in [1.29, 1.82) is 0 Å². The lowest BCUT2D eigenvalue weighted by molar-refractivity contribution is -0.143. The van der Waals surface area contributed by atoms with E-state index in [-0.39, 0.29) is 12.5 Å². The molecule has 1 aromatic heterocycles. The first-order valence-electron chi connectivity index (χ1n) is 8.91. The normalized spacial score (nSPS) is 13.4. The van der Waals surface area contributed by atoms with Gasteiger partial charge in [0.15, 0.2) is 0 Å². The van der Waals surface area contributed by atoms with Crippen LogP contribution in [0.25, 0.3) is 0 Å². The molecular formula is C20H27N3O3. The highest BCUT2D eigenvalue weighted by Gasteiger charge is 2.39. The van der Waals surface area contributed by atoms with Crippen LogP contribution < -0.4 is 5.32 Å². The molecule has 26 heavy (non-hydrogen) atoms. The third-order valence-corrected chi connectivity index (χ3v) is 4.78. The van der Waals surface area contributed by atoms with Gasteiger partial charge >= 0.3 is 5.97 Å². The summed E-state index contributed by atoms with van der Waals surface area (Å²) in [6.45, 7) is 8.60. The van der Waals surface area contributed by atoms with E-state index in [1.807, 2.05) is 32.0 Å². The van der Waals surface area contributed by atoms with Gasteiger partial charge in [0.05, 0.1) is 11.8 Å². The summed E-state index contributed by atoms with van der Waals surface area (Å²) in [5.41, 5.74) is 0.795. The van der Waals surface area contributed by atoms with Gasteiger partial charge in [-0.25, -0.2) is 0 Å². The van der Waals surface area contributed by atoms with Gasteiger partial charge in [-0.05, 0) is 24.8 Å². The molecule has 1 aromatic carbocycles. The second-order valence-electron chi connectivity index (χ2n) is 7.01. The number of amides is 1. The van der Waals surface area contributed by atoms with Gasteiger partial charge in [-0.3, -0.25) is 14.3 Å². The fraction of sp³-hybridized carbons (Fsp3) is 0.450. The van der Waals surface area contributed by atoms with Crippen LogP contribution in [-0.2, 0) is 16.8 Å². The Morgan fingerprint density at radius 3 is 2.46 bits per heavy atom. The number of carboxylic acids is 1. The van der Waals surface area contributed by atoms with E-state index < -0.39 is 11.4 Å². The summed E-state index contributed by atoms with van der Waals surface area (Å²) >= 11 is 0. The SMILES string of the molecule is CCC(CNC(=O)c1cnn(CC(C)C)c1C)(C(=O)O)c1ccccc1. The van der Waals surface area contributed by atoms with Gasteiger partial charge in [0.1, 0.15) is 5.41 Å². The van der Waals surface area contributed by atoms with Crippen molar-refractivity contribution in [3.63, 3.8) is 0 Å². The number of hydrogen-bond donors (Lipinski definition) is 2. The summed E-state index contributed by atoms with van der Waals surface area (Å²) in [6.07, 6.45) is 1.92. The highest BCUT2D eigenvalue weighted by molar-refractivity contribution is 5.95. The van der Waals surface area contributed by atoms with Crippen LogP contribution in [0.1, 0.15) is 48.8 Å². The van der Waals surface area contributed by atoms with E-state index in [1.165, 1.54) is 0 Å². The monoisotopic (exact) mass is 357 g/mol. The predicted octanol–water partition coefficient (Wildman–Crippen LogP) is 3.01. The van der Waals surface area contributed by atoms with E-state index in [0.717, 1.165) is 12.2 Å². The number of hydrogen-bond acceptors (Lipinski definition) is 3. The van der Waals surface area contributed by atoms with Crippen LogP contribution in [0.4, 0.5) is 0 Å². The fourth-order valence-corrected chi connectivity index (χ4v) is 3.06. The summed E-state index contributed by atoms with van der Waals surface area (Å²) in [6, 6.07) is 9.04. The molecule has 0 spiro atoms. The molecule has 0 bridgehead atoms. The Balaban J connectivity index is 2.20. The van der Waals surface area contributed by atoms with E-state index in [4.69, 9.17) is 0 Å². The Morgan fingerprint density at radius 1 is 1.27 bits per heavy atom. The van der Waals surface area contributed by atoms with Crippen LogP contribution in [0.15, 0.2) is 36.5 Å². The molecule has 1 heterocycles. The number of benzene rings is 1. The van der Waals surface area contributed by atoms with E-state index in [0.29, 0.717) is 23.5 Å². The third kappa shape index (κ3) is 3.95. The molecule has 2 aromatic rings. The standard InChI is InChI=1S/C20H27N3O3/c1-5-20(19(25)26,16-9-7-6-8-10-16)13-21-18(24)17-11-22-23(15(17)4)12-14(2)3/h6-11,14H,5,12-13H2,1-4H3,(H,21,24)(H,25,26). The number of nitrogens with one attached hydrogen (secondary N) is 1. The molecule has 0 aliphatic heterocycles. The molecule has 6 heteroatoms. The lowest BCUT2D eigenvalue weighted by Crippen LogP contribution is -2.46. The molecule has 1 atom stereocenters. The molecule has 0 fully saturated rings. The highest BCUT2D eigenvalue weighted by atomic mass is 16.4. The Hall–Kier alpha value is -2.63. The number of carbonyl (C=O) groups excluding carboxylic acids is 1. The largest absolute Gasteiger partial charge is 0.481 e. The summed E-state index contributed by atoms with van der Waals surface area (Å²) in [5.74, 6) is -0.825. The van der Waals surface area contributed by atoms with Gasteiger partial charge in [0.25, 0.3) is 5.91 Å². The number of nitrogens with zero attached hydrogens (tertiary/aromatic N) is 2. The predicted molar refractivity (Wildman–Crippen MR) is 100 cm³/mol. The number of rotatable bonds is 8. The molecular weight excluding hydrogens is 330 g/mol. The zero-order valence-electron chi connectivity index (χ0n) is 15.8. The van der Waals surface area contributed by atoms with Crippen LogP contribution in [0.3, 0.4) is 0 Å². The third-order valence-electron chi connectivity index (χ3n) is 4.78. The number of carboxylic acid groups (broad SMARTS) is 1. The first-order valence-corrected chi connectivity index (χ1v) is 8.91. The van der Waals surface area contributed by atoms with Crippen LogP contribution in [0.5, 0.6) is 0 Å². The summed E-state index contributed by atoms with van der Waals surface area (Å²) < 4.78 is 1.81. The molecule has 0 saturated carbocycles. The van der Waals surface area contributed by atoms with Crippen molar-refractivity contribution >= 4 is 11.9 Å². The lowest BCUT2D eigenvalue weighted by Gasteiger charge is -2.29. The van der Waals surface area contributed by atoms with Gasteiger partial charge in [0.2, 0.25) is 0 Å². The van der Waals surface area contributed by atoms with Crippen LogP contribution in [-0.4, -0.2) is 33.3 Å². The van der Waals surface area contributed by atoms with Crippen molar-refractivity contribution in [3.8, 4) is 0 Å². The maximum atomic E-state index is 12.6. The number of aliphatic carboxylic acids is 1. The second kappa shape index (κ2) is 8.17. The molecule has 140 valence electrons.